The van der Waals surface area contributed by atoms with E-state index in [-0.39, 0.29) is 0 Å². The van der Waals surface area contributed by atoms with Gasteiger partial charge in [0.25, 0.3) is 0 Å². The third-order valence-electron chi connectivity index (χ3n) is 1.90. The molecule has 0 aromatic carbocycles. The maximum absolute atomic E-state index is 10.4. The number of nitrogens with zero attached hydrogens (tertiary/aromatic N) is 3. The Morgan fingerprint density at radius 3 is 3.13 bits per heavy atom. The molecule has 2 aromatic heterocycles. The highest BCUT2D eigenvalue weighted by Gasteiger charge is 2.02. The number of rotatable bonds is 2. The Morgan fingerprint density at radius 1 is 1.60 bits per heavy atom. The molecule has 0 fully saturated rings. The Hall–Kier alpha value is -2.17. The number of hydrogen-bond acceptors (Lipinski definition) is 3. The lowest BCUT2D eigenvalue weighted by molar-refractivity contribution is -0.131. The van der Waals surface area contributed by atoms with Crippen LogP contribution in [-0.4, -0.2) is 25.7 Å². The summed E-state index contributed by atoms with van der Waals surface area (Å²) in [5.74, 6) is -0.320. The minimum Gasteiger partial charge on any atom is -0.478 e. The molecule has 0 atom stereocenters. The van der Waals surface area contributed by atoms with Crippen LogP contribution >= 0.6 is 0 Å². The van der Waals surface area contributed by atoms with E-state index < -0.39 is 5.97 Å². The molecule has 15 heavy (non-hydrogen) atoms. The van der Waals surface area contributed by atoms with Crippen molar-refractivity contribution >= 4 is 17.7 Å². The monoisotopic (exact) mass is 203 g/mol. The zero-order valence-corrected chi connectivity index (χ0v) is 8.08. The summed E-state index contributed by atoms with van der Waals surface area (Å²) >= 11 is 0. The van der Waals surface area contributed by atoms with E-state index in [1.165, 1.54) is 6.08 Å². The molecular formula is C10H9N3O2. The van der Waals surface area contributed by atoms with E-state index in [2.05, 4.69) is 10.1 Å². The van der Waals surface area contributed by atoms with Crippen molar-refractivity contribution in [1.82, 2.24) is 14.6 Å². The summed E-state index contributed by atoms with van der Waals surface area (Å²) in [6, 6.07) is 3.59. The van der Waals surface area contributed by atoms with Gasteiger partial charge in [-0.25, -0.2) is 14.3 Å². The minimum absolute atomic E-state index is 0.658. The highest BCUT2D eigenvalue weighted by atomic mass is 16.4. The predicted octanol–water partition coefficient (Wildman–Crippen LogP) is 1.14. The second kappa shape index (κ2) is 3.53. The van der Waals surface area contributed by atoms with Gasteiger partial charge < -0.3 is 5.11 Å². The van der Waals surface area contributed by atoms with Crippen molar-refractivity contribution in [1.29, 1.82) is 0 Å². The number of hydrogen-bond donors (Lipinski definition) is 1. The van der Waals surface area contributed by atoms with Crippen LogP contribution in [0.5, 0.6) is 0 Å². The molecular weight excluding hydrogens is 194 g/mol. The van der Waals surface area contributed by atoms with Crippen LogP contribution in [0.2, 0.25) is 0 Å². The van der Waals surface area contributed by atoms with Crippen molar-refractivity contribution in [2.75, 3.05) is 0 Å². The first-order valence-electron chi connectivity index (χ1n) is 4.40. The summed E-state index contributed by atoms with van der Waals surface area (Å²) in [6.45, 7) is 1.79. The lowest BCUT2D eigenvalue weighted by Crippen LogP contribution is -1.90. The number of carboxylic acid groups (broad SMARTS) is 1. The van der Waals surface area contributed by atoms with Crippen LogP contribution in [0, 0.1) is 6.92 Å². The van der Waals surface area contributed by atoms with Crippen LogP contribution in [0.1, 0.15) is 11.4 Å². The molecule has 0 saturated heterocycles. The fraction of sp³-hybridized carbons (Fsp3) is 0.100. The Bertz CT molecular complexity index is 543. The maximum Gasteiger partial charge on any atom is 0.328 e. The van der Waals surface area contributed by atoms with Crippen LogP contribution in [0.4, 0.5) is 0 Å². The Morgan fingerprint density at radius 2 is 2.40 bits per heavy atom. The van der Waals surface area contributed by atoms with Crippen LogP contribution in [0.3, 0.4) is 0 Å². The van der Waals surface area contributed by atoms with Gasteiger partial charge in [-0.2, -0.15) is 5.10 Å². The van der Waals surface area contributed by atoms with Gasteiger partial charge in [-0.05, 0) is 25.1 Å². The van der Waals surface area contributed by atoms with E-state index in [4.69, 9.17) is 5.11 Å². The summed E-state index contributed by atoms with van der Waals surface area (Å²) < 4.78 is 1.62. The smallest absolute Gasteiger partial charge is 0.328 e. The average Bonchev–Trinajstić information content (AvgIpc) is 2.55. The quantitative estimate of drug-likeness (QED) is 0.743. The van der Waals surface area contributed by atoms with Gasteiger partial charge in [0.2, 0.25) is 0 Å². The molecule has 0 amide bonds. The van der Waals surface area contributed by atoms with E-state index in [1.54, 1.807) is 29.8 Å². The minimum atomic E-state index is -0.978. The van der Waals surface area contributed by atoms with Gasteiger partial charge >= 0.3 is 5.97 Å². The van der Waals surface area contributed by atoms with Gasteiger partial charge in [-0.3, -0.25) is 0 Å². The lowest BCUT2D eigenvalue weighted by atomic mass is 10.2. The molecule has 2 rings (SSSR count). The molecule has 0 unspecified atom stereocenters. The van der Waals surface area contributed by atoms with E-state index in [0.29, 0.717) is 11.5 Å². The number of carbonyl (C=O) groups is 1. The van der Waals surface area contributed by atoms with Crippen molar-refractivity contribution in [3.05, 3.63) is 35.8 Å². The van der Waals surface area contributed by atoms with Crippen molar-refractivity contribution in [3.8, 4) is 0 Å². The fourth-order valence-corrected chi connectivity index (χ4v) is 1.32. The van der Waals surface area contributed by atoms with Gasteiger partial charge in [0.15, 0.2) is 5.65 Å². The number of aryl methyl sites for hydroxylation is 1. The number of carboxylic acids is 1. The number of aromatic nitrogens is 3. The summed E-state index contributed by atoms with van der Waals surface area (Å²) in [5, 5.41) is 12.6. The molecule has 1 N–H and O–H groups in total. The molecule has 2 aromatic rings. The maximum atomic E-state index is 10.4. The molecule has 0 radical (unpaired) electrons. The Balaban J connectivity index is 2.55. The third kappa shape index (κ3) is 1.85. The topological polar surface area (TPSA) is 67.5 Å². The summed E-state index contributed by atoms with van der Waals surface area (Å²) in [6.07, 6.45) is 4.36. The van der Waals surface area contributed by atoms with Crippen molar-refractivity contribution in [2.45, 2.75) is 6.92 Å². The molecule has 0 bridgehead atoms. The molecule has 0 aliphatic heterocycles. The average molecular weight is 203 g/mol. The SMILES string of the molecule is Cc1nc2c(/C=C/C(=O)O)cccn2n1. The molecule has 5 heteroatoms. The molecule has 0 saturated carbocycles. The van der Waals surface area contributed by atoms with Crippen molar-refractivity contribution in [2.24, 2.45) is 0 Å². The van der Waals surface area contributed by atoms with Crippen LogP contribution in [0.25, 0.3) is 11.7 Å². The first-order chi connectivity index (χ1) is 7.16. The first kappa shape index (κ1) is 9.39. The van der Waals surface area contributed by atoms with Gasteiger partial charge in [-0.15, -0.1) is 0 Å². The second-order valence-electron chi connectivity index (χ2n) is 3.06. The predicted molar refractivity (Wildman–Crippen MR) is 54.4 cm³/mol. The van der Waals surface area contributed by atoms with E-state index in [0.717, 1.165) is 11.6 Å². The molecule has 2 heterocycles. The summed E-state index contributed by atoms with van der Waals surface area (Å²) in [7, 11) is 0. The third-order valence-corrected chi connectivity index (χ3v) is 1.90. The summed E-state index contributed by atoms with van der Waals surface area (Å²) in [4.78, 5) is 14.6. The number of fused-ring (bicyclic) bond motifs is 1. The number of pyridine rings is 1. The molecule has 0 aliphatic rings. The van der Waals surface area contributed by atoms with Crippen molar-refractivity contribution in [3.63, 3.8) is 0 Å². The van der Waals surface area contributed by atoms with Crippen molar-refractivity contribution < 1.29 is 9.90 Å². The lowest BCUT2D eigenvalue weighted by Gasteiger charge is -1.94. The van der Waals surface area contributed by atoms with E-state index in [1.807, 2.05) is 0 Å². The fourth-order valence-electron chi connectivity index (χ4n) is 1.32. The van der Waals surface area contributed by atoms with Crippen LogP contribution in [0.15, 0.2) is 24.4 Å². The Labute approximate surface area is 85.7 Å². The summed E-state index contributed by atoms with van der Waals surface area (Å²) in [5.41, 5.74) is 1.40. The van der Waals surface area contributed by atoms with E-state index >= 15 is 0 Å². The number of aliphatic carboxylic acids is 1. The van der Waals surface area contributed by atoms with Gasteiger partial charge in [0.05, 0.1) is 0 Å². The van der Waals surface area contributed by atoms with Crippen LogP contribution < -0.4 is 0 Å². The van der Waals surface area contributed by atoms with Crippen LogP contribution in [-0.2, 0) is 4.79 Å². The normalized spacial score (nSPS) is 11.3. The highest BCUT2D eigenvalue weighted by molar-refractivity contribution is 5.86. The van der Waals surface area contributed by atoms with Gasteiger partial charge in [-0.1, -0.05) is 0 Å². The van der Waals surface area contributed by atoms with E-state index in [9.17, 15) is 4.79 Å². The zero-order chi connectivity index (χ0) is 10.8. The highest BCUT2D eigenvalue weighted by Crippen LogP contribution is 2.10. The first-order valence-corrected chi connectivity index (χ1v) is 4.40. The standard InChI is InChI=1S/C10H9N3O2/c1-7-11-10-8(4-5-9(14)15)3-2-6-13(10)12-7/h2-6H,1H3,(H,14,15)/b5-4+. The molecule has 5 nitrogen and oxygen atoms in total. The molecule has 0 aliphatic carbocycles. The molecule has 76 valence electrons. The largest absolute Gasteiger partial charge is 0.478 e. The molecule has 0 spiro atoms. The second-order valence-corrected chi connectivity index (χ2v) is 3.06. The Kier molecular flexibility index (Phi) is 2.21. The zero-order valence-electron chi connectivity index (χ0n) is 8.08. The van der Waals surface area contributed by atoms with Gasteiger partial charge in [0.1, 0.15) is 5.82 Å². The van der Waals surface area contributed by atoms with Gasteiger partial charge in [0, 0.05) is 17.8 Å².